The van der Waals surface area contributed by atoms with Crippen LogP contribution in [0, 0.1) is 10.8 Å². The van der Waals surface area contributed by atoms with Crippen molar-refractivity contribution < 1.29 is 19.1 Å². The van der Waals surface area contributed by atoms with Gasteiger partial charge < -0.3 is 20.1 Å². The fraction of sp³-hybridized carbons (Fsp3) is 0.938. The zero-order valence-corrected chi connectivity index (χ0v) is 28.0. The van der Waals surface area contributed by atoms with Crippen LogP contribution < -0.4 is 10.6 Å². The summed E-state index contributed by atoms with van der Waals surface area (Å²) in [7, 11) is 0. The van der Waals surface area contributed by atoms with Crippen LogP contribution in [-0.2, 0) is 19.1 Å². The molecule has 0 bridgehead atoms. The summed E-state index contributed by atoms with van der Waals surface area (Å²) >= 11 is 0. The van der Waals surface area contributed by atoms with Gasteiger partial charge in [0.15, 0.2) is 0 Å². The molecule has 6 heteroatoms. The Hall–Kier alpha value is -1.14. The van der Waals surface area contributed by atoms with Gasteiger partial charge in [0, 0.05) is 35.0 Å². The Balaban J connectivity index is 5.26. The Labute approximate surface area is 236 Å². The summed E-state index contributed by atoms with van der Waals surface area (Å²) in [6.07, 6.45) is 3.45. The molecule has 0 aromatic heterocycles. The number of hydrogen-bond donors (Lipinski definition) is 2. The van der Waals surface area contributed by atoms with Crippen LogP contribution >= 0.6 is 0 Å². The van der Waals surface area contributed by atoms with Crippen molar-refractivity contribution in [3.8, 4) is 0 Å². The number of carbonyl (C=O) groups excluding carboxylic acids is 2. The van der Waals surface area contributed by atoms with Crippen LogP contribution in [0.4, 0.5) is 0 Å². The maximum atomic E-state index is 13.3. The van der Waals surface area contributed by atoms with E-state index in [0.717, 1.165) is 0 Å². The summed E-state index contributed by atoms with van der Waals surface area (Å²) in [4.78, 5) is 26.7. The molecule has 226 valence electrons. The van der Waals surface area contributed by atoms with Gasteiger partial charge in [-0.25, -0.2) is 0 Å². The van der Waals surface area contributed by atoms with E-state index in [-0.39, 0.29) is 46.3 Å². The molecule has 2 N–H and O–H groups in total. The maximum absolute atomic E-state index is 13.3. The number of nitrogens with one attached hydrogen (secondary N) is 2. The second-order valence-electron chi connectivity index (χ2n) is 15.7. The van der Waals surface area contributed by atoms with Crippen molar-refractivity contribution in [2.45, 2.75) is 184 Å². The first-order chi connectivity index (χ1) is 16.8. The molecule has 0 aliphatic carbocycles. The molecule has 38 heavy (non-hydrogen) atoms. The van der Waals surface area contributed by atoms with E-state index in [1.807, 2.05) is 41.5 Å². The van der Waals surface area contributed by atoms with Gasteiger partial charge in [-0.05, 0) is 123 Å². The number of rotatable bonds is 15. The smallest absolute Gasteiger partial charge is 0.312 e. The standard InChI is InChI=1S/C32H64N2O4/c1-17-31(15,25(35)37-23(3)21-29(11,12)33-27(5,6)7)19-20-32(16,18-2)26(36)38-24(4)22-30(13,14)34-28(8,9)10/h23-24,33-34H,17-22H2,1-16H3. The van der Waals surface area contributed by atoms with Crippen LogP contribution in [0.15, 0.2) is 0 Å². The van der Waals surface area contributed by atoms with E-state index in [1.165, 1.54) is 0 Å². The largest absolute Gasteiger partial charge is 0.462 e. The Kier molecular flexibility index (Phi) is 13.1. The molecule has 4 unspecified atom stereocenters. The molecular weight excluding hydrogens is 476 g/mol. The van der Waals surface area contributed by atoms with E-state index in [1.54, 1.807) is 0 Å². The number of esters is 2. The minimum atomic E-state index is -0.656. The third-order valence-electron chi connectivity index (χ3n) is 7.41. The summed E-state index contributed by atoms with van der Waals surface area (Å²) < 4.78 is 11.9. The molecule has 0 saturated heterocycles. The molecule has 0 aromatic carbocycles. The first kappa shape index (κ1) is 36.9. The molecule has 6 nitrogen and oxygen atoms in total. The van der Waals surface area contributed by atoms with Gasteiger partial charge in [0.1, 0.15) is 12.2 Å². The normalized spacial score (nSPS) is 18.2. The molecule has 0 aromatic rings. The van der Waals surface area contributed by atoms with Crippen LogP contribution in [0.2, 0.25) is 0 Å². The molecule has 0 radical (unpaired) electrons. The molecule has 0 spiro atoms. The lowest BCUT2D eigenvalue weighted by atomic mass is 9.74. The van der Waals surface area contributed by atoms with Gasteiger partial charge in [-0.2, -0.15) is 0 Å². The fourth-order valence-corrected chi connectivity index (χ4v) is 5.70. The quantitative estimate of drug-likeness (QED) is 0.209. The average Bonchev–Trinajstić information content (AvgIpc) is 2.66. The highest BCUT2D eigenvalue weighted by atomic mass is 16.5. The third-order valence-corrected chi connectivity index (χ3v) is 7.41. The number of hydrogen-bond acceptors (Lipinski definition) is 6. The molecule has 0 amide bonds. The van der Waals surface area contributed by atoms with Gasteiger partial charge in [-0.3, -0.25) is 9.59 Å². The molecule has 0 saturated carbocycles. The van der Waals surface area contributed by atoms with Crippen molar-refractivity contribution >= 4 is 11.9 Å². The van der Waals surface area contributed by atoms with Gasteiger partial charge in [0.25, 0.3) is 0 Å². The predicted molar refractivity (Wildman–Crippen MR) is 160 cm³/mol. The van der Waals surface area contributed by atoms with E-state index in [4.69, 9.17) is 9.47 Å². The summed E-state index contributed by atoms with van der Waals surface area (Å²) in [6.45, 7) is 33.3. The van der Waals surface area contributed by atoms with Crippen LogP contribution in [0.25, 0.3) is 0 Å². The summed E-state index contributed by atoms with van der Waals surface area (Å²) in [5.74, 6) is -0.372. The highest BCUT2D eigenvalue weighted by Gasteiger charge is 2.41. The number of ether oxygens (including phenoxy) is 2. The van der Waals surface area contributed by atoms with E-state index in [0.29, 0.717) is 38.5 Å². The van der Waals surface area contributed by atoms with Crippen molar-refractivity contribution in [1.82, 2.24) is 10.6 Å². The van der Waals surface area contributed by atoms with Crippen LogP contribution in [0.1, 0.15) is 149 Å². The Morgan fingerprint density at radius 1 is 0.579 bits per heavy atom. The monoisotopic (exact) mass is 540 g/mol. The first-order valence-corrected chi connectivity index (χ1v) is 14.8. The van der Waals surface area contributed by atoms with Gasteiger partial charge in [0.2, 0.25) is 0 Å². The highest BCUT2D eigenvalue weighted by molar-refractivity contribution is 5.78. The molecule has 4 atom stereocenters. The maximum Gasteiger partial charge on any atom is 0.312 e. The van der Waals surface area contributed by atoms with Crippen LogP contribution in [0.5, 0.6) is 0 Å². The van der Waals surface area contributed by atoms with Gasteiger partial charge in [-0.1, -0.05) is 13.8 Å². The minimum Gasteiger partial charge on any atom is -0.462 e. The van der Waals surface area contributed by atoms with Crippen molar-refractivity contribution in [3.63, 3.8) is 0 Å². The second-order valence-corrected chi connectivity index (χ2v) is 15.7. The molecule has 0 aliphatic heterocycles. The Morgan fingerprint density at radius 2 is 0.842 bits per heavy atom. The van der Waals surface area contributed by atoms with Gasteiger partial charge in [-0.15, -0.1) is 0 Å². The highest BCUT2D eigenvalue weighted by Crippen LogP contribution is 2.38. The molecular formula is C32H64N2O4. The fourth-order valence-electron chi connectivity index (χ4n) is 5.70. The SMILES string of the molecule is CCC(C)(CCC(C)(CC)C(=O)OC(C)CC(C)(C)NC(C)(C)C)C(=O)OC(C)CC(C)(C)NC(C)(C)C. The lowest BCUT2D eigenvalue weighted by Crippen LogP contribution is -2.52. The summed E-state index contributed by atoms with van der Waals surface area (Å²) in [6, 6.07) is 0. The van der Waals surface area contributed by atoms with E-state index in [9.17, 15) is 9.59 Å². The average molecular weight is 541 g/mol. The lowest BCUT2D eigenvalue weighted by Gasteiger charge is -2.38. The topological polar surface area (TPSA) is 76.7 Å². The molecule has 0 heterocycles. The summed E-state index contributed by atoms with van der Waals surface area (Å²) in [5.41, 5.74) is -1.70. The van der Waals surface area contributed by atoms with Crippen molar-refractivity contribution in [3.05, 3.63) is 0 Å². The third kappa shape index (κ3) is 13.8. The second kappa shape index (κ2) is 13.5. The molecule has 0 aliphatic rings. The van der Waals surface area contributed by atoms with Crippen molar-refractivity contribution in [1.29, 1.82) is 0 Å². The molecule has 0 fully saturated rings. The van der Waals surface area contributed by atoms with E-state index >= 15 is 0 Å². The first-order valence-electron chi connectivity index (χ1n) is 14.8. The zero-order chi connectivity index (χ0) is 30.4. The lowest BCUT2D eigenvalue weighted by molar-refractivity contribution is -0.166. The Morgan fingerprint density at radius 3 is 1.05 bits per heavy atom. The number of carbonyl (C=O) groups is 2. The minimum absolute atomic E-state index is 0.0271. The van der Waals surface area contributed by atoms with Crippen LogP contribution in [0.3, 0.4) is 0 Å². The van der Waals surface area contributed by atoms with Crippen molar-refractivity contribution in [2.24, 2.45) is 10.8 Å². The van der Waals surface area contributed by atoms with Gasteiger partial charge in [0.05, 0.1) is 10.8 Å². The predicted octanol–water partition coefficient (Wildman–Crippen LogP) is 7.58. The summed E-state index contributed by atoms with van der Waals surface area (Å²) in [5, 5.41) is 7.22. The molecule has 0 rings (SSSR count). The van der Waals surface area contributed by atoms with Crippen molar-refractivity contribution in [2.75, 3.05) is 0 Å². The van der Waals surface area contributed by atoms with E-state index in [2.05, 4.69) is 79.9 Å². The van der Waals surface area contributed by atoms with Crippen LogP contribution in [-0.4, -0.2) is 46.3 Å². The zero-order valence-electron chi connectivity index (χ0n) is 28.0. The Bertz CT molecular complexity index is 698. The van der Waals surface area contributed by atoms with Gasteiger partial charge >= 0.3 is 11.9 Å². The van der Waals surface area contributed by atoms with E-state index < -0.39 is 10.8 Å².